The highest BCUT2D eigenvalue weighted by molar-refractivity contribution is 5.93. The van der Waals surface area contributed by atoms with E-state index in [4.69, 9.17) is 0 Å². The average Bonchev–Trinajstić information content (AvgIpc) is 2.67. The van der Waals surface area contributed by atoms with Crippen LogP contribution in [0.5, 0.6) is 0 Å². The van der Waals surface area contributed by atoms with Gasteiger partial charge in [-0.2, -0.15) is 0 Å². The Kier molecular flexibility index (Phi) is 6.26. The van der Waals surface area contributed by atoms with Crippen molar-refractivity contribution in [2.24, 2.45) is 0 Å². The van der Waals surface area contributed by atoms with Gasteiger partial charge in [0.15, 0.2) is 0 Å². The Labute approximate surface area is 164 Å². The second kappa shape index (κ2) is 8.84. The topological polar surface area (TPSA) is 74.7 Å². The number of rotatable bonds is 5. The van der Waals surface area contributed by atoms with E-state index in [1.54, 1.807) is 23.2 Å². The number of pyridine rings is 1. The summed E-state index contributed by atoms with van der Waals surface area (Å²) in [5, 5.41) is 3.00. The number of hydrogen-bond donors (Lipinski definition) is 1. The Balaban J connectivity index is 1.48. The van der Waals surface area contributed by atoms with E-state index >= 15 is 0 Å². The van der Waals surface area contributed by atoms with Crippen molar-refractivity contribution in [2.75, 3.05) is 38.0 Å². The summed E-state index contributed by atoms with van der Waals surface area (Å²) < 4.78 is 1.41. The second-order valence-electron chi connectivity index (χ2n) is 7.14. The van der Waals surface area contributed by atoms with Gasteiger partial charge in [-0.05, 0) is 31.0 Å². The standard InChI is InChI=1S/C21H26N4O3/c1-16-6-5-7-17(2)21(16)22-18(26)14-23-10-12-24(13-11-23)20(28)15-25-9-4-3-8-19(25)27/h3-9H,10-15H2,1-2H3,(H,22,26). The maximum absolute atomic E-state index is 12.4. The normalized spacial score (nSPS) is 14.7. The molecule has 1 aromatic heterocycles. The molecule has 28 heavy (non-hydrogen) atoms. The van der Waals surface area contributed by atoms with Crippen LogP contribution in [0.1, 0.15) is 11.1 Å². The Morgan fingerprint density at radius 2 is 1.61 bits per heavy atom. The summed E-state index contributed by atoms with van der Waals surface area (Å²) >= 11 is 0. The molecule has 2 aromatic rings. The Hall–Kier alpha value is -2.93. The van der Waals surface area contributed by atoms with Crippen LogP contribution in [-0.2, 0) is 16.1 Å². The SMILES string of the molecule is Cc1cccc(C)c1NC(=O)CN1CCN(C(=O)Cn2ccccc2=O)CC1. The Bertz CT molecular complexity index is 894. The summed E-state index contributed by atoms with van der Waals surface area (Å²) in [4.78, 5) is 40.4. The van der Waals surface area contributed by atoms with Gasteiger partial charge in [0.25, 0.3) is 5.56 Å². The molecule has 1 fully saturated rings. The van der Waals surface area contributed by atoms with Crippen LogP contribution in [0.3, 0.4) is 0 Å². The zero-order valence-electron chi connectivity index (χ0n) is 16.4. The van der Waals surface area contributed by atoms with E-state index in [1.807, 2.05) is 36.9 Å². The molecule has 1 aromatic carbocycles. The molecule has 1 aliphatic heterocycles. The first-order chi connectivity index (χ1) is 13.4. The molecule has 1 saturated heterocycles. The molecule has 0 aliphatic carbocycles. The van der Waals surface area contributed by atoms with E-state index in [0.29, 0.717) is 32.7 Å². The maximum atomic E-state index is 12.4. The molecule has 7 heteroatoms. The van der Waals surface area contributed by atoms with Gasteiger partial charge in [-0.1, -0.05) is 24.3 Å². The van der Waals surface area contributed by atoms with Gasteiger partial charge in [-0.15, -0.1) is 0 Å². The molecular weight excluding hydrogens is 356 g/mol. The number of aryl methyl sites for hydroxylation is 2. The van der Waals surface area contributed by atoms with Crippen molar-refractivity contribution in [3.63, 3.8) is 0 Å². The zero-order valence-corrected chi connectivity index (χ0v) is 16.4. The van der Waals surface area contributed by atoms with Crippen molar-refractivity contribution >= 4 is 17.5 Å². The van der Waals surface area contributed by atoms with Crippen LogP contribution >= 0.6 is 0 Å². The van der Waals surface area contributed by atoms with Gasteiger partial charge in [-0.25, -0.2) is 0 Å². The van der Waals surface area contributed by atoms with Gasteiger partial charge >= 0.3 is 0 Å². The van der Waals surface area contributed by atoms with E-state index < -0.39 is 0 Å². The van der Waals surface area contributed by atoms with Crippen molar-refractivity contribution in [1.82, 2.24) is 14.4 Å². The third-order valence-electron chi connectivity index (χ3n) is 5.04. The minimum atomic E-state index is -0.183. The van der Waals surface area contributed by atoms with Crippen LogP contribution in [0.2, 0.25) is 0 Å². The van der Waals surface area contributed by atoms with Crippen molar-refractivity contribution in [2.45, 2.75) is 20.4 Å². The number of hydrogen-bond acceptors (Lipinski definition) is 4. The summed E-state index contributed by atoms with van der Waals surface area (Å²) in [5.41, 5.74) is 2.77. The number of carbonyl (C=O) groups is 2. The molecule has 2 heterocycles. The Morgan fingerprint density at radius 1 is 0.929 bits per heavy atom. The third-order valence-corrected chi connectivity index (χ3v) is 5.04. The fourth-order valence-corrected chi connectivity index (χ4v) is 3.39. The smallest absolute Gasteiger partial charge is 0.250 e. The number of para-hydroxylation sites is 1. The number of piperazine rings is 1. The third kappa shape index (κ3) is 4.86. The van der Waals surface area contributed by atoms with Crippen molar-refractivity contribution < 1.29 is 9.59 Å². The predicted molar refractivity (Wildman–Crippen MR) is 108 cm³/mol. The molecule has 0 bridgehead atoms. The highest BCUT2D eigenvalue weighted by atomic mass is 16.2. The molecule has 7 nitrogen and oxygen atoms in total. The van der Waals surface area contributed by atoms with E-state index in [1.165, 1.54) is 10.6 Å². The van der Waals surface area contributed by atoms with Gasteiger partial charge in [-0.3, -0.25) is 19.3 Å². The number of benzene rings is 1. The number of aromatic nitrogens is 1. The first-order valence-electron chi connectivity index (χ1n) is 9.45. The van der Waals surface area contributed by atoms with Crippen molar-refractivity contribution in [3.8, 4) is 0 Å². The summed E-state index contributed by atoms with van der Waals surface area (Å²) in [7, 11) is 0. The lowest BCUT2D eigenvalue weighted by atomic mass is 10.1. The van der Waals surface area contributed by atoms with Crippen LogP contribution in [-0.4, -0.2) is 58.9 Å². The fourth-order valence-electron chi connectivity index (χ4n) is 3.39. The van der Waals surface area contributed by atoms with Gasteiger partial charge in [0, 0.05) is 44.1 Å². The fraction of sp³-hybridized carbons (Fsp3) is 0.381. The number of amides is 2. The number of carbonyl (C=O) groups excluding carboxylic acids is 2. The highest BCUT2D eigenvalue weighted by Gasteiger charge is 2.23. The van der Waals surface area contributed by atoms with E-state index in [9.17, 15) is 14.4 Å². The largest absolute Gasteiger partial charge is 0.339 e. The van der Waals surface area contributed by atoms with E-state index in [2.05, 4.69) is 5.32 Å². The summed E-state index contributed by atoms with van der Waals surface area (Å²) in [6.45, 7) is 6.68. The first-order valence-corrected chi connectivity index (χ1v) is 9.45. The number of nitrogens with zero attached hydrogens (tertiary/aromatic N) is 3. The lowest BCUT2D eigenvalue weighted by Gasteiger charge is -2.34. The number of nitrogens with one attached hydrogen (secondary N) is 1. The minimum Gasteiger partial charge on any atom is -0.339 e. The monoisotopic (exact) mass is 382 g/mol. The van der Waals surface area contributed by atoms with Crippen LogP contribution < -0.4 is 10.9 Å². The summed E-state index contributed by atoms with van der Waals surface area (Å²) in [6, 6.07) is 10.8. The molecule has 0 saturated carbocycles. The van der Waals surface area contributed by atoms with Crippen LogP contribution in [0, 0.1) is 13.8 Å². The molecule has 3 rings (SSSR count). The molecule has 0 unspecified atom stereocenters. The molecule has 0 spiro atoms. The molecule has 148 valence electrons. The minimum absolute atomic E-state index is 0.0481. The van der Waals surface area contributed by atoms with Crippen LogP contribution in [0.25, 0.3) is 0 Å². The zero-order chi connectivity index (χ0) is 20.1. The summed E-state index contributed by atoms with van der Waals surface area (Å²) in [5.74, 6) is -0.124. The number of anilines is 1. The van der Waals surface area contributed by atoms with Crippen LogP contribution in [0.4, 0.5) is 5.69 Å². The molecule has 0 radical (unpaired) electrons. The van der Waals surface area contributed by atoms with E-state index in [-0.39, 0.29) is 23.9 Å². The molecule has 1 N–H and O–H groups in total. The molecular formula is C21H26N4O3. The van der Waals surface area contributed by atoms with Crippen LogP contribution in [0.15, 0.2) is 47.4 Å². The van der Waals surface area contributed by atoms with Crippen molar-refractivity contribution in [1.29, 1.82) is 0 Å². The lowest BCUT2D eigenvalue weighted by molar-refractivity contribution is -0.133. The average molecular weight is 382 g/mol. The van der Waals surface area contributed by atoms with Gasteiger partial charge in [0.2, 0.25) is 11.8 Å². The predicted octanol–water partition coefficient (Wildman–Crippen LogP) is 1.25. The lowest BCUT2D eigenvalue weighted by Crippen LogP contribution is -2.51. The Morgan fingerprint density at radius 3 is 2.25 bits per heavy atom. The maximum Gasteiger partial charge on any atom is 0.250 e. The first kappa shape index (κ1) is 19.8. The molecule has 2 amide bonds. The summed E-state index contributed by atoms with van der Waals surface area (Å²) in [6.07, 6.45) is 1.62. The van der Waals surface area contributed by atoms with Gasteiger partial charge in [0.05, 0.1) is 6.54 Å². The van der Waals surface area contributed by atoms with Gasteiger partial charge in [0.1, 0.15) is 6.54 Å². The van der Waals surface area contributed by atoms with Gasteiger partial charge < -0.3 is 14.8 Å². The van der Waals surface area contributed by atoms with Crippen molar-refractivity contribution in [3.05, 3.63) is 64.1 Å². The van der Waals surface area contributed by atoms with E-state index in [0.717, 1.165) is 16.8 Å². The highest BCUT2D eigenvalue weighted by Crippen LogP contribution is 2.19. The molecule has 1 aliphatic rings. The quantitative estimate of drug-likeness (QED) is 0.845. The second-order valence-corrected chi connectivity index (χ2v) is 7.14. The molecule has 0 atom stereocenters.